The third-order valence-corrected chi connectivity index (χ3v) is 9.32. The van der Waals surface area contributed by atoms with Gasteiger partial charge in [0.2, 0.25) is 21.9 Å². The highest BCUT2D eigenvalue weighted by molar-refractivity contribution is 7.89. The van der Waals surface area contributed by atoms with E-state index in [1.54, 1.807) is 10.6 Å². The molecule has 1 aromatic carbocycles. The van der Waals surface area contributed by atoms with Gasteiger partial charge in [-0.15, -0.1) is 5.10 Å². The number of amides is 1. The second-order valence-electron chi connectivity index (χ2n) is 10.2. The molecular formula is C25H27F3N6O3S. The van der Waals surface area contributed by atoms with Crippen LogP contribution in [0.2, 0.25) is 0 Å². The van der Waals surface area contributed by atoms with Crippen LogP contribution in [-0.2, 0) is 21.0 Å². The summed E-state index contributed by atoms with van der Waals surface area (Å²) in [7, 11) is -4.10. The van der Waals surface area contributed by atoms with Gasteiger partial charge in [-0.05, 0) is 68.9 Å². The first-order valence-electron chi connectivity index (χ1n) is 12.7. The van der Waals surface area contributed by atoms with Gasteiger partial charge in [0.15, 0.2) is 5.65 Å². The number of hydrogen-bond acceptors (Lipinski definition) is 6. The molecule has 6 rings (SSSR count). The Kier molecular flexibility index (Phi) is 6.10. The van der Waals surface area contributed by atoms with E-state index >= 15 is 0 Å². The van der Waals surface area contributed by atoms with Crippen molar-refractivity contribution in [3.05, 3.63) is 48.0 Å². The van der Waals surface area contributed by atoms with Crippen LogP contribution in [0.3, 0.4) is 0 Å². The number of sulfonamides is 1. The van der Waals surface area contributed by atoms with Gasteiger partial charge in [0.1, 0.15) is 5.82 Å². The fourth-order valence-electron chi connectivity index (χ4n) is 5.07. The molecule has 2 aromatic heterocycles. The van der Waals surface area contributed by atoms with Crippen LogP contribution in [0.4, 0.5) is 24.9 Å². The van der Waals surface area contributed by atoms with Crippen molar-refractivity contribution in [3.8, 4) is 0 Å². The summed E-state index contributed by atoms with van der Waals surface area (Å²) in [6.45, 7) is 1.07. The summed E-state index contributed by atoms with van der Waals surface area (Å²) in [5.74, 6) is 0.975. The maximum Gasteiger partial charge on any atom is 0.416 e. The van der Waals surface area contributed by atoms with Crippen LogP contribution in [0.15, 0.2) is 47.4 Å². The minimum Gasteiger partial charge on any atom is -0.356 e. The number of piperidine rings is 1. The average Bonchev–Trinajstić information content (AvgIpc) is 3.82. The van der Waals surface area contributed by atoms with Gasteiger partial charge in [-0.3, -0.25) is 10.1 Å². The summed E-state index contributed by atoms with van der Waals surface area (Å²) in [6.07, 6.45) is -0.431. The molecule has 3 aliphatic rings. The minimum atomic E-state index is -4.62. The first kappa shape index (κ1) is 25.1. The largest absolute Gasteiger partial charge is 0.416 e. The number of aromatic nitrogens is 3. The number of fused-ring (bicyclic) bond motifs is 1. The van der Waals surface area contributed by atoms with Gasteiger partial charge in [0.25, 0.3) is 0 Å². The third kappa shape index (κ3) is 4.84. The number of nitrogens with zero attached hydrogens (tertiary/aromatic N) is 5. The Balaban J connectivity index is 1.20. The molecule has 0 unspecified atom stereocenters. The van der Waals surface area contributed by atoms with Crippen molar-refractivity contribution in [1.29, 1.82) is 0 Å². The van der Waals surface area contributed by atoms with Crippen molar-refractivity contribution in [1.82, 2.24) is 18.9 Å². The van der Waals surface area contributed by atoms with Gasteiger partial charge >= 0.3 is 6.18 Å². The molecule has 1 aliphatic heterocycles. The second-order valence-corrected chi connectivity index (χ2v) is 12.0. The second kappa shape index (κ2) is 9.23. The van der Waals surface area contributed by atoms with Crippen molar-refractivity contribution < 1.29 is 26.4 Å². The van der Waals surface area contributed by atoms with Gasteiger partial charge in [-0.2, -0.15) is 27.0 Å². The minimum absolute atomic E-state index is 0.0294. The monoisotopic (exact) mass is 548 g/mol. The molecule has 202 valence electrons. The van der Waals surface area contributed by atoms with E-state index in [0.29, 0.717) is 44.4 Å². The average molecular weight is 549 g/mol. The lowest BCUT2D eigenvalue weighted by molar-refractivity contribution is -0.137. The normalized spacial score (nSPS) is 19.3. The number of carbonyl (C=O) groups is 1. The van der Waals surface area contributed by atoms with Crippen LogP contribution in [0.1, 0.15) is 44.1 Å². The predicted molar refractivity (Wildman–Crippen MR) is 133 cm³/mol. The van der Waals surface area contributed by atoms with E-state index in [1.807, 2.05) is 12.1 Å². The SMILES string of the molecule is O=C(Nc1nc2cccc(N3CCC(N(C4CC4)S(=O)(=O)c4cccc(C(F)(F)F)c4)CC3)n2n1)C1CC1. The lowest BCUT2D eigenvalue weighted by atomic mass is 10.0. The fourth-order valence-corrected chi connectivity index (χ4v) is 7.04. The number of benzene rings is 1. The van der Waals surface area contributed by atoms with Crippen LogP contribution in [-0.4, -0.2) is 58.4 Å². The molecule has 3 aromatic rings. The molecule has 0 atom stereocenters. The number of rotatable bonds is 7. The first-order chi connectivity index (χ1) is 18.1. The smallest absolute Gasteiger partial charge is 0.356 e. The lowest BCUT2D eigenvalue weighted by Gasteiger charge is -2.38. The topological polar surface area (TPSA) is 99.9 Å². The van der Waals surface area contributed by atoms with E-state index in [0.717, 1.165) is 36.9 Å². The third-order valence-electron chi connectivity index (χ3n) is 7.31. The van der Waals surface area contributed by atoms with Gasteiger partial charge in [0, 0.05) is 31.1 Å². The van der Waals surface area contributed by atoms with E-state index in [4.69, 9.17) is 0 Å². The summed E-state index contributed by atoms with van der Waals surface area (Å²) >= 11 is 0. The molecule has 3 fully saturated rings. The first-order valence-corrected chi connectivity index (χ1v) is 14.2. The molecule has 1 saturated heterocycles. The summed E-state index contributed by atoms with van der Waals surface area (Å²) in [5.41, 5.74) is -0.389. The van der Waals surface area contributed by atoms with E-state index in [1.165, 1.54) is 10.4 Å². The molecule has 38 heavy (non-hydrogen) atoms. The highest BCUT2D eigenvalue weighted by atomic mass is 32.2. The Morgan fingerprint density at radius 1 is 0.974 bits per heavy atom. The quantitative estimate of drug-likeness (QED) is 0.481. The van der Waals surface area contributed by atoms with Crippen molar-refractivity contribution >= 4 is 33.3 Å². The Labute approximate surface area is 217 Å². The Bertz CT molecular complexity index is 1470. The molecule has 1 amide bonds. The molecular weight excluding hydrogens is 521 g/mol. The number of nitrogens with one attached hydrogen (secondary N) is 1. The van der Waals surface area contributed by atoms with Crippen molar-refractivity contribution in [2.24, 2.45) is 5.92 Å². The van der Waals surface area contributed by atoms with Crippen LogP contribution in [0.25, 0.3) is 5.65 Å². The van der Waals surface area contributed by atoms with E-state index < -0.39 is 21.8 Å². The number of halogens is 3. The molecule has 2 saturated carbocycles. The Morgan fingerprint density at radius 3 is 2.32 bits per heavy atom. The lowest BCUT2D eigenvalue weighted by Crippen LogP contribution is -2.48. The van der Waals surface area contributed by atoms with Gasteiger partial charge in [-0.1, -0.05) is 12.1 Å². The highest BCUT2D eigenvalue weighted by Gasteiger charge is 2.44. The number of hydrogen-bond donors (Lipinski definition) is 1. The van der Waals surface area contributed by atoms with Crippen molar-refractivity contribution in [3.63, 3.8) is 0 Å². The van der Waals surface area contributed by atoms with Crippen molar-refractivity contribution in [2.45, 2.75) is 61.7 Å². The van der Waals surface area contributed by atoms with Crippen molar-refractivity contribution in [2.75, 3.05) is 23.3 Å². The molecule has 9 nitrogen and oxygen atoms in total. The number of alkyl halides is 3. The predicted octanol–water partition coefficient (Wildman–Crippen LogP) is 3.92. The number of carbonyl (C=O) groups excluding carboxylic acids is 1. The maximum atomic E-state index is 13.5. The fraction of sp³-hybridized carbons (Fsp3) is 0.480. The zero-order valence-electron chi connectivity index (χ0n) is 20.4. The molecule has 0 radical (unpaired) electrons. The molecule has 13 heteroatoms. The summed E-state index contributed by atoms with van der Waals surface area (Å²) in [4.78, 5) is 18.3. The summed E-state index contributed by atoms with van der Waals surface area (Å²) in [6, 6.07) is 9.02. The number of anilines is 2. The molecule has 2 aliphatic carbocycles. The van der Waals surface area contributed by atoms with Gasteiger partial charge in [0.05, 0.1) is 10.5 Å². The van der Waals surface area contributed by atoms with Crippen LogP contribution < -0.4 is 10.2 Å². The van der Waals surface area contributed by atoms with E-state index in [-0.39, 0.29) is 34.8 Å². The molecule has 0 bridgehead atoms. The standard InChI is InChI=1S/C25H27F3N6O3S/c26-25(27,28)17-3-1-4-20(15-17)38(36,37)34(18-9-10-18)19-11-13-32(14-12-19)22-6-2-5-21-29-24(31-33(21)22)30-23(35)16-7-8-16/h1-6,15-16,18-19H,7-14H2,(H,30,31,35). The Morgan fingerprint density at radius 2 is 1.66 bits per heavy atom. The van der Waals surface area contributed by atoms with Crippen LogP contribution >= 0.6 is 0 Å². The molecule has 1 N–H and O–H groups in total. The highest BCUT2D eigenvalue weighted by Crippen LogP contribution is 2.38. The van der Waals surface area contributed by atoms with E-state index in [2.05, 4.69) is 20.3 Å². The van der Waals surface area contributed by atoms with Crippen LogP contribution in [0, 0.1) is 5.92 Å². The van der Waals surface area contributed by atoms with E-state index in [9.17, 15) is 26.4 Å². The van der Waals surface area contributed by atoms with Gasteiger partial charge < -0.3 is 4.90 Å². The zero-order chi connectivity index (χ0) is 26.7. The Hall–Kier alpha value is -3.19. The zero-order valence-corrected chi connectivity index (χ0v) is 21.2. The molecule has 3 heterocycles. The number of pyridine rings is 1. The van der Waals surface area contributed by atoms with Gasteiger partial charge in [-0.25, -0.2) is 8.42 Å². The van der Waals surface area contributed by atoms with Crippen LogP contribution in [0.5, 0.6) is 0 Å². The molecule has 0 spiro atoms. The maximum absolute atomic E-state index is 13.5. The summed E-state index contributed by atoms with van der Waals surface area (Å²) in [5, 5.41) is 7.24. The summed E-state index contributed by atoms with van der Waals surface area (Å²) < 4.78 is 70.0.